The summed E-state index contributed by atoms with van der Waals surface area (Å²) >= 11 is 1.61. The van der Waals surface area contributed by atoms with Gasteiger partial charge in [0.1, 0.15) is 17.0 Å². The summed E-state index contributed by atoms with van der Waals surface area (Å²) < 4.78 is 0. The molecule has 0 spiro atoms. The fourth-order valence-corrected chi connectivity index (χ4v) is 6.28. The molecule has 8 heteroatoms. The number of nitrogens with zero attached hydrogens (tertiary/aromatic N) is 4. The number of anilines is 3. The van der Waals surface area contributed by atoms with Crippen molar-refractivity contribution in [1.29, 1.82) is 0 Å². The first-order chi connectivity index (χ1) is 15.2. The van der Waals surface area contributed by atoms with E-state index in [2.05, 4.69) is 37.3 Å². The summed E-state index contributed by atoms with van der Waals surface area (Å²) in [6, 6.07) is 4.46. The van der Waals surface area contributed by atoms with Gasteiger partial charge in [-0.3, -0.25) is 9.79 Å². The van der Waals surface area contributed by atoms with Crippen molar-refractivity contribution in [3.63, 3.8) is 0 Å². The Bertz CT molecular complexity index is 1230. The van der Waals surface area contributed by atoms with Gasteiger partial charge in [-0.25, -0.2) is 9.97 Å². The minimum absolute atomic E-state index is 0.303. The third kappa shape index (κ3) is 3.17. The lowest BCUT2D eigenvalue weighted by Gasteiger charge is -2.23. The molecule has 3 aliphatic rings. The quantitative estimate of drug-likeness (QED) is 0.642. The van der Waals surface area contributed by atoms with Crippen LogP contribution in [0.25, 0.3) is 10.2 Å². The Labute approximate surface area is 183 Å². The molecule has 4 heterocycles. The third-order valence-corrected chi connectivity index (χ3v) is 7.81. The molecule has 0 amide bonds. The molecule has 1 saturated heterocycles. The van der Waals surface area contributed by atoms with Crippen molar-refractivity contribution in [2.45, 2.75) is 38.6 Å². The van der Waals surface area contributed by atoms with Crippen molar-refractivity contribution in [2.75, 3.05) is 23.3 Å². The van der Waals surface area contributed by atoms with E-state index in [1.165, 1.54) is 29.7 Å². The van der Waals surface area contributed by atoms with Gasteiger partial charge in [-0.1, -0.05) is 0 Å². The van der Waals surface area contributed by atoms with E-state index in [0.29, 0.717) is 12.8 Å². The molecule has 0 saturated carbocycles. The number of aliphatic carboxylic acids is 1. The van der Waals surface area contributed by atoms with Gasteiger partial charge in [0, 0.05) is 24.2 Å². The third-order valence-electron chi connectivity index (χ3n) is 6.64. The summed E-state index contributed by atoms with van der Waals surface area (Å²) in [5.41, 5.74) is 5.91. The molecule has 1 aromatic carbocycles. The maximum absolute atomic E-state index is 11.5. The van der Waals surface area contributed by atoms with Crippen molar-refractivity contribution < 1.29 is 9.90 Å². The second-order valence-corrected chi connectivity index (χ2v) is 9.62. The minimum atomic E-state index is -0.706. The van der Waals surface area contributed by atoms with Gasteiger partial charge < -0.3 is 15.3 Å². The molecule has 2 N–H and O–H groups in total. The average Bonchev–Trinajstić information content (AvgIpc) is 3.51. The number of benzene rings is 1. The molecule has 6 rings (SSSR count). The molecule has 3 aromatic rings. The number of nitrogens with one attached hydrogen (secondary N) is 1. The number of carboxylic acid groups (broad SMARTS) is 1. The monoisotopic (exact) mass is 433 g/mol. The van der Waals surface area contributed by atoms with Crippen molar-refractivity contribution in [3.8, 4) is 0 Å². The summed E-state index contributed by atoms with van der Waals surface area (Å²) in [7, 11) is 0. The van der Waals surface area contributed by atoms with Gasteiger partial charge in [-0.05, 0) is 60.9 Å². The van der Waals surface area contributed by atoms with Gasteiger partial charge >= 0.3 is 5.97 Å². The number of carboxylic acids is 1. The van der Waals surface area contributed by atoms with Crippen LogP contribution in [-0.2, 0) is 24.2 Å². The Morgan fingerprint density at radius 2 is 2.10 bits per heavy atom. The minimum Gasteiger partial charge on any atom is -0.481 e. The highest BCUT2D eigenvalue weighted by Crippen LogP contribution is 2.42. The fourth-order valence-electron chi connectivity index (χ4n) is 5.01. The van der Waals surface area contributed by atoms with Crippen LogP contribution in [-0.4, -0.2) is 40.3 Å². The number of hydrogen-bond donors (Lipinski definition) is 2. The van der Waals surface area contributed by atoms with Gasteiger partial charge in [-0.2, -0.15) is 0 Å². The number of thiophene rings is 1. The first-order valence-electron chi connectivity index (χ1n) is 10.8. The van der Waals surface area contributed by atoms with Crippen LogP contribution < -0.4 is 10.2 Å². The van der Waals surface area contributed by atoms with Gasteiger partial charge in [0.05, 0.1) is 29.2 Å². The molecule has 2 aliphatic heterocycles. The largest absolute Gasteiger partial charge is 0.481 e. The summed E-state index contributed by atoms with van der Waals surface area (Å²) in [5, 5.41) is 14.1. The van der Waals surface area contributed by atoms with E-state index in [4.69, 9.17) is 0 Å². The predicted octanol–water partition coefficient (Wildman–Crippen LogP) is 4.16. The zero-order valence-electron chi connectivity index (χ0n) is 17.1. The lowest BCUT2D eigenvalue weighted by molar-refractivity contribution is -0.142. The molecule has 158 valence electrons. The van der Waals surface area contributed by atoms with E-state index in [0.717, 1.165) is 58.2 Å². The molecule has 2 aromatic heterocycles. The van der Waals surface area contributed by atoms with E-state index in [1.807, 2.05) is 6.21 Å². The van der Waals surface area contributed by atoms with Crippen molar-refractivity contribution in [1.82, 2.24) is 9.97 Å². The summed E-state index contributed by atoms with van der Waals surface area (Å²) in [5.74, 6) is -0.197. The van der Waals surface area contributed by atoms with Crippen LogP contribution in [0.15, 0.2) is 23.5 Å². The SMILES string of the molecule is O=C(O)[C@H]1CCc2c(sc3ncnc(Nc4cc5c(cc4N4CCCC4)CN=C5)c23)C1. The Morgan fingerprint density at radius 1 is 1.23 bits per heavy atom. The number of aliphatic imine (C=N–C) groups is 1. The summed E-state index contributed by atoms with van der Waals surface area (Å²) in [6.07, 6.45) is 7.98. The molecule has 0 bridgehead atoms. The molecule has 31 heavy (non-hydrogen) atoms. The van der Waals surface area contributed by atoms with Crippen LogP contribution in [0.5, 0.6) is 0 Å². The Kier molecular flexibility index (Phi) is 4.41. The Balaban J connectivity index is 1.43. The van der Waals surface area contributed by atoms with Crippen LogP contribution in [0.3, 0.4) is 0 Å². The van der Waals surface area contributed by atoms with E-state index in [9.17, 15) is 9.90 Å². The van der Waals surface area contributed by atoms with Gasteiger partial charge in [0.2, 0.25) is 0 Å². The predicted molar refractivity (Wildman–Crippen MR) is 123 cm³/mol. The van der Waals surface area contributed by atoms with Gasteiger partial charge in [0.25, 0.3) is 0 Å². The van der Waals surface area contributed by atoms with Crippen LogP contribution in [0, 0.1) is 5.92 Å². The molecule has 0 radical (unpaired) electrons. The Morgan fingerprint density at radius 3 is 2.94 bits per heavy atom. The number of aromatic nitrogens is 2. The molecule has 1 atom stereocenters. The smallest absolute Gasteiger partial charge is 0.306 e. The van der Waals surface area contributed by atoms with Crippen molar-refractivity contribution in [3.05, 3.63) is 40.0 Å². The van der Waals surface area contributed by atoms with Crippen LogP contribution in [0.4, 0.5) is 17.2 Å². The van der Waals surface area contributed by atoms with Crippen LogP contribution in [0.2, 0.25) is 0 Å². The van der Waals surface area contributed by atoms with Crippen LogP contribution in [0.1, 0.15) is 40.8 Å². The average molecular weight is 434 g/mol. The molecular weight excluding hydrogens is 410 g/mol. The highest BCUT2D eigenvalue weighted by atomic mass is 32.1. The first kappa shape index (κ1) is 18.7. The number of hydrogen-bond acceptors (Lipinski definition) is 7. The maximum atomic E-state index is 11.5. The van der Waals surface area contributed by atoms with Crippen molar-refractivity contribution in [2.24, 2.45) is 10.9 Å². The summed E-state index contributed by atoms with van der Waals surface area (Å²) in [6.45, 7) is 2.88. The van der Waals surface area contributed by atoms with Crippen LogP contribution >= 0.6 is 11.3 Å². The first-order valence-corrected chi connectivity index (χ1v) is 11.7. The van der Waals surface area contributed by atoms with Crippen molar-refractivity contribution >= 4 is 50.9 Å². The topological polar surface area (TPSA) is 90.7 Å². The number of fused-ring (bicyclic) bond motifs is 4. The lowest BCUT2D eigenvalue weighted by Crippen LogP contribution is -2.21. The zero-order valence-corrected chi connectivity index (χ0v) is 17.9. The van der Waals surface area contributed by atoms with E-state index >= 15 is 0 Å². The van der Waals surface area contributed by atoms with E-state index in [1.54, 1.807) is 17.7 Å². The molecule has 7 nitrogen and oxygen atoms in total. The van der Waals surface area contributed by atoms with E-state index < -0.39 is 5.97 Å². The van der Waals surface area contributed by atoms with E-state index in [-0.39, 0.29) is 5.92 Å². The second-order valence-electron chi connectivity index (χ2n) is 8.54. The zero-order chi connectivity index (χ0) is 20.9. The van der Waals surface area contributed by atoms with Gasteiger partial charge in [-0.15, -0.1) is 11.3 Å². The van der Waals surface area contributed by atoms with Gasteiger partial charge in [0.15, 0.2) is 0 Å². The number of rotatable bonds is 4. The highest BCUT2D eigenvalue weighted by Gasteiger charge is 2.29. The fraction of sp³-hybridized carbons (Fsp3) is 0.391. The summed E-state index contributed by atoms with van der Waals surface area (Å²) in [4.78, 5) is 29.6. The molecule has 1 fully saturated rings. The second kappa shape index (κ2) is 7.30. The number of aryl methyl sites for hydroxylation is 1. The normalized spacial score (nSPS) is 19.6. The molecule has 1 aliphatic carbocycles. The maximum Gasteiger partial charge on any atom is 0.306 e. The molecular formula is C23H23N5O2S. The Hall–Kier alpha value is -3.00. The highest BCUT2D eigenvalue weighted by molar-refractivity contribution is 7.19. The lowest BCUT2D eigenvalue weighted by atomic mass is 9.88. The standard InChI is InChI=1S/C23H23N5O2S/c29-23(30)13-3-4-16-19(9-13)31-22-20(16)21(25-12-26-22)27-17-7-14-10-24-11-15(14)8-18(17)28-5-1-2-6-28/h7-8,10,12-13H,1-6,9,11H2,(H,29,30)(H,25,26,27)/t13-/m0/s1. The molecule has 0 unspecified atom stereocenters. The number of carbonyl (C=O) groups is 1.